The molecule has 2 amide bonds. The summed E-state index contributed by atoms with van der Waals surface area (Å²) in [5.74, 6) is -8.09. The van der Waals surface area contributed by atoms with Crippen LogP contribution in [-0.4, -0.2) is 131 Å². The van der Waals surface area contributed by atoms with Gasteiger partial charge in [-0.3, -0.25) is 9.59 Å². The molecule has 8 atom stereocenters. The molecular weight excluding hydrogens is 758 g/mol. The first-order chi connectivity index (χ1) is 27.8. The number of nitrogens with one attached hydrogen (secondary N) is 3. The van der Waals surface area contributed by atoms with Crippen molar-refractivity contribution in [1.29, 1.82) is 0 Å². The summed E-state index contributed by atoms with van der Waals surface area (Å²) in [7, 11) is 0. The van der Waals surface area contributed by atoms with Gasteiger partial charge in [-0.15, -0.1) is 0 Å². The van der Waals surface area contributed by atoms with Gasteiger partial charge >= 0.3 is 11.9 Å². The normalized spacial score (nSPS) is 22.6. The smallest absolute Gasteiger partial charge is 0.328 e. The van der Waals surface area contributed by atoms with E-state index in [9.17, 15) is 14.4 Å². The Labute approximate surface area is 347 Å². The van der Waals surface area contributed by atoms with Gasteiger partial charge in [-0.25, -0.2) is 4.79 Å². The van der Waals surface area contributed by atoms with Crippen molar-refractivity contribution in [2.45, 2.75) is 193 Å². The molecule has 0 saturated carbocycles. The zero-order valence-electron chi connectivity index (χ0n) is 37.0. The number of halogens is 2. The summed E-state index contributed by atoms with van der Waals surface area (Å²) >= 11 is 0. The molecule has 16 heteroatoms. The Balaban J connectivity index is 3.30. The molecule has 1 aliphatic rings. The van der Waals surface area contributed by atoms with Crippen LogP contribution in [-0.2, 0) is 47.5 Å². The minimum absolute atomic E-state index is 0.00310. The van der Waals surface area contributed by atoms with E-state index in [1.165, 1.54) is 13.8 Å². The van der Waals surface area contributed by atoms with E-state index in [-0.39, 0.29) is 39.4 Å². The molecule has 0 aromatic rings. The molecule has 0 bridgehead atoms. The number of alkyl halides is 2. The maximum absolute atomic E-state index is 17.2. The zero-order chi connectivity index (χ0) is 43.4. The second-order valence-corrected chi connectivity index (χ2v) is 15.2. The predicted molar refractivity (Wildman–Crippen MR) is 220 cm³/mol. The number of ether oxygens (including phenoxy) is 7. The maximum atomic E-state index is 17.2. The van der Waals surface area contributed by atoms with E-state index in [0.29, 0.717) is 51.9 Å². The van der Waals surface area contributed by atoms with Crippen molar-refractivity contribution in [1.82, 2.24) is 16.0 Å². The Bertz CT molecular complexity index is 1110. The molecule has 0 spiro atoms. The molecule has 1 saturated heterocycles. The maximum Gasteiger partial charge on any atom is 0.328 e. The van der Waals surface area contributed by atoms with E-state index in [1.54, 1.807) is 0 Å². The van der Waals surface area contributed by atoms with Crippen LogP contribution >= 0.6 is 0 Å². The quantitative estimate of drug-likeness (QED) is 0.0462. The number of esters is 1. The van der Waals surface area contributed by atoms with Crippen LogP contribution in [0.1, 0.15) is 139 Å². The lowest BCUT2D eigenvalue weighted by Crippen LogP contribution is -2.75. The Morgan fingerprint density at radius 1 is 0.707 bits per heavy atom. The van der Waals surface area contributed by atoms with Gasteiger partial charge in [-0.05, 0) is 65.3 Å². The SMILES string of the molecule is CCCCOC[C@H]1O[C@@](OCCCC)(C(F)(F)CNCC[C@H](N)C(=O)N[C@@H](C)C(=O)N[C@@H](C)C(=O)OCCCC)[C@H](OCCCC)[C@@H](OCCCC)[C@H]1OCCCC. The summed E-state index contributed by atoms with van der Waals surface area (Å²) in [4.78, 5) is 37.7. The van der Waals surface area contributed by atoms with Crippen molar-refractivity contribution < 1.29 is 56.3 Å². The number of carbonyl (C=O) groups excluding carboxylic acids is 3. The summed E-state index contributed by atoms with van der Waals surface area (Å²) < 4.78 is 77.7. The van der Waals surface area contributed by atoms with Crippen LogP contribution in [0, 0.1) is 0 Å². The minimum Gasteiger partial charge on any atom is -0.464 e. The number of hydrogen-bond donors (Lipinski definition) is 4. The summed E-state index contributed by atoms with van der Waals surface area (Å²) in [6, 6.07) is -3.06. The van der Waals surface area contributed by atoms with E-state index in [0.717, 1.165) is 44.9 Å². The fourth-order valence-electron chi connectivity index (χ4n) is 6.07. The summed E-state index contributed by atoms with van der Waals surface area (Å²) in [5, 5.41) is 7.83. The standard InChI is InChI=1S/C42H80F2N4O10/c1-9-15-23-52-29-34-35(53-24-16-10-2)36(54-25-17-11-3)37(55-26-18-12-4)42(58-34,57-28-20-14-6)41(43,44)30-46-22-21-33(45)39(50)47-31(7)38(49)48-32(8)40(51)56-27-19-13-5/h31-37,46H,9-30,45H2,1-8H3,(H,47,50)(H,48,49)/t31-,32-,33-,34+,35-,36-,37+,42+/m0/s1. The monoisotopic (exact) mass is 839 g/mol. The second-order valence-electron chi connectivity index (χ2n) is 15.2. The third kappa shape index (κ3) is 18.7. The van der Waals surface area contributed by atoms with Crippen LogP contribution in [0.5, 0.6) is 0 Å². The second kappa shape index (κ2) is 30.9. The topological polar surface area (TPSA) is 178 Å². The average Bonchev–Trinajstić information content (AvgIpc) is 3.19. The van der Waals surface area contributed by atoms with Gasteiger partial charge in [0.05, 0.1) is 32.4 Å². The molecule has 0 unspecified atom stereocenters. The van der Waals surface area contributed by atoms with Crippen LogP contribution in [0.3, 0.4) is 0 Å². The zero-order valence-corrected chi connectivity index (χ0v) is 37.0. The van der Waals surface area contributed by atoms with Gasteiger partial charge in [0, 0.05) is 26.4 Å². The van der Waals surface area contributed by atoms with Crippen molar-refractivity contribution in [3.8, 4) is 0 Å². The lowest BCUT2D eigenvalue weighted by molar-refractivity contribution is -0.432. The molecule has 1 rings (SSSR count). The van der Waals surface area contributed by atoms with Crippen LogP contribution in [0.4, 0.5) is 8.78 Å². The molecule has 1 heterocycles. The summed E-state index contributed by atoms with van der Waals surface area (Å²) in [6.07, 6.45) is 5.04. The molecule has 5 N–H and O–H groups in total. The first kappa shape index (κ1) is 54.0. The molecule has 1 aliphatic heterocycles. The van der Waals surface area contributed by atoms with Crippen molar-refractivity contribution in [3.05, 3.63) is 0 Å². The van der Waals surface area contributed by atoms with E-state index in [2.05, 4.69) is 22.9 Å². The van der Waals surface area contributed by atoms with E-state index >= 15 is 8.78 Å². The molecule has 14 nitrogen and oxygen atoms in total. The molecule has 0 aromatic carbocycles. The number of unbranched alkanes of at least 4 members (excludes halogenated alkanes) is 6. The largest absolute Gasteiger partial charge is 0.464 e. The highest BCUT2D eigenvalue weighted by Gasteiger charge is 2.69. The fourth-order valence-corrected chi connectivity index (χ4v) is 6.07. The van der Waals surface area contributed by atoms with E-state index < -0.39 is 78.6 Å². The average molecular weight is 839 g/mol. The third-order valence-corrected chi connectivity index (χ3v) is 9.87. The first-order valence-corrected chi connectivity index (χ1v) is 22.2. The molecule has 1 fully saturated rings. The number of hydrogen-bond acceptors (Lipinski definition) is 12. The Hall–Kier alpha value is -2.05. The van der Waals surface area contributed by atoms with Crippen molar-refractivity contribution >= 4 is 17.8 Å². The first-order valence-electron chi connectivity index (χ1n) is 22.2. The van der Waals surface area contributed by atoms with Gasteiger partial charge < -0.3 is 54.8 Å². The highest BCUT2D eigenvalue weighted by molar-refractivity contribution is 5.91. The lowest BCUT2D eigenvalue weighted by atomic mass is 9.87. The number of nitrogens with two attached hydrogens (primary N) is 1. The van der Waals surface area contributed by atoms with E-state index in [4.69, 9.17) is 38.9 Å². The third-order valence-electron chi connectivity index (χ3n) is 9.87. The summed E-state index contributed by atoms with van der Waals surface area (Å²) in [6.45, 7) is 15.6. The van der Waals surface area contributed by atoms with Gasteiger partial charge in [-0.1, -0.05) is 80.1 Å². The van der Waals surface area contributed by atoms with Crippen molar-refractivity contribution in [2.24, 2.45) is 5.73 Å². The van der Waals surface area contributed by atoms with Crippen LogP contribution in [0.25, 0.3) is 0 Å². The highest BCUT2D eigenvalue weighted by atomic mass is 19.3. The predicted octanol–water partition coefficient (Wildman–Crippen LogP) is 5.57. The number of rotatable bonds is 35. The Kier molecular flexibility index (Phi) is 28.7. The molecule has 0 radical (unpaired) electrons. The fraction of sp³-hybridized carbons (Fsp3) is 0.929. The lowest BCUT2D eigenvalue weighted by Gasteiger charge is -2.54. The van der Waals surface area contributed by atoms with Crippen LogP contribution in [0.2, 0.25) is 0 Å². The van der Waals surface area contributed by atoms with Gasteiger partial charge in [0.1, 0.15) is 36.5 Å². The van der Waals surface area contributed by atoms with Gasteiger partial charge in [0.2, 0.25) is 11.8 Å². The number of amides is 2. The minimum atomic E-state index is -3.69. The molecule has 0 aromatic heterocycles. The van der Waals surface area contributed by atoms with Gasteiger partial charge in [0.15, 0.2) is 0 Å². The highest BCUT2D eigenvalue weighted by Crippen LogP contribution is 2.46. The molecule has 342 valence electrons. The molecular formula is C42H80F2N4O10. The van der Waals surface area contributed by atoms with Crippen molar-refractivity contribution in [2.75, 3.05) is 59.3 Å². The molecule has 0 aliphatic carbocycles. The van der Waals surface area contributed by atoms with Gasteiger partial charge in [0.25, 0.3) is 5.79 Å². The van der Waals surface area contributed by atoms with Gasteiger partial charge in [-0.2, -0.15) is 8.78 Å². The van der Waals surface area contributed by atoms with Crippen LogP contribution < -0.4 is 21.7 Å². The Morgan fingerprint density at radius 2 is 1.22 bits per heavy atom. The Morgan fingerprint density at radius 3 is 1.83 bits per heavy atom. The van der Waals surface area contributed by atoms with Crippen LogP contribution in [0.15, 0.2) is 0 Å². The summed E-state index contributed by atoms with van der Waals surface area (Å²) in [5.41, 5.74) is 6.14. The molecule has 58 heavy (non-hydrogen) atoms. The number of carbonyl (C=O) groups is 3. The van der Waals surface area contributed by atoms with E-state index in [1.807, 2.05) is 34.6 Å². The van der Waals surface area contributed by atoms with Crippen molar-refractivity contribution in [3.63, 3.8) is 0 Å².